The van der Waals surface area contributed by atoms with E-state index in [1.807, 2.05) is 40.1 Å². The number of halogens is 2. The van der Waals surface area contributed by atoms with Crippen LogP contribution in [-0.2, 0) is 0 Å². The molecule has 0 spiro atoms. The van der Waals surface area contributed by atoms with E-state index in [1.54, 1.807) is 0 Å². The second-order valence-electron chi connectivity index (χ2n) is 2.62. The molecule has 14 heavy (non-hydrogen) atoms. The van der Waals surface area contributed by atoms with Crippen molar-refractivity contribution in [3.05, 3.63) is 35.7 Å². The average molecular weight is 384 g/mol. The van der Waals surface area contributed by atoms with Gasteiger partial charge in [0.1, 0.15) is 4.47 Å². The minimum atomic E-state index is -0.356. The molecule has 0 unspecified atom stereocenters. The van der Waals surface area contributed by atoms with Crippen LogP contribution in [0.2, 0.25) is 0 Å². The summed E-state index contributed by atoms with van der Waals surface area (Å²) in [5.74, 6) is 0. The monoisotopic (exact) mass is 383 g/mol. The van der Waals surface area contributed by atoms with Crippen molar-refractivity contribution in [2.24, 2.45) is 0 Å². The van der Waals surface area contributed by atoms with E-state index in [4.69, 9.17) is 0 Å². The molecule has 0 bridgehead atoms. The molecule has 0 radical (unpaired) electrons. The van der Waals surface area contributed by atoms with E-state index in [-0.39, 0.29) is 10.6 Å². The van der Waals surface area contributed by atoms with E-state index >= 15 is 0 Å². The van der Waals surface area contributed by atoms with Crippen LogP contribution in [0.25, 0.3) is 10.1 Å². The molecule has 72 valence electrons. The molecule has 0 amide bonds. The molecule has 1 aromatic carbocycles. The van der Waals surface area contributed by atoms with Gasteiger partial charge in [-0.05, 0) is 61.4 Å². The molecule has 2 rings (SSSR count). The van der Waals surface area contributed by atoms with Crippen LogP contribution in [0.1, 0.15) is 0 Å². The maximum atomic E-state index is 10.8. The molecule has 0 aliphatic heterocycles. The molecule has 6 heteroatoms. The van der Waals surface area contributed by atoms with Gasteiger partial charge in [0.05, 0.1) is 13.2 Å². The number of nitro benzene ring substituents is 1. The Hall–Kier alpha value is -0.210. The van der Waals surface area contributed by atoms with Crippen LogP contribution in [0.5, 0.6) is 0 Å². The fraction of sp³-hybridized carbons (Fsp3) is 0. The van der Waals surface area contributed by atoms with Gasteiger partial charge in [0.15, 0.2) is 0 Å². The number of benzene rings is 1. The summed E-state index contributed by atoms with van der Waals surface area (Å²) in [7, 11) is 0. The first-order valence-electron chi connectivity index (χ1n) is 3.61. The van der Waals surface area contributed by atoms with E-state index in [9.17, 15) is 10.1 Å². The molecule has 0 saturated heterocycles. The summed E-state index contributed by atoms with van der Waals surface area (Å²) >= 11 is 6.76. The Morgan fingerprint density at radius 3 is 2.93 bits per heavy atom. The van der Waals surface area contributed by atoms with Crippen LogP contribution in [0.3, 0.4) is 0 Å². The van der Waals surface area contributed by atoms with Gasteiger partial charge in [-0.25, -0.2) is 0 Å². The van der Waals surface area contributed by atoms with Gasteiger partial charge in [-0.3, -0.25) is 10.1 Å². The number of thiophene rings is 1. The van der Waals surface area contributed by atoms with Crippen LogP contribution in [0.15, 0.2) is 22.0 Å². The van der Waals surface area contributed by atoms with Crippen LogP contribution in [-0.4, -0.2) is 4.92 Å². The lowest BCUT2D eigenvalue weighted by Crippen LogP contribution is -1.92. The highest BCUT2D eigenvalue weighted by Gasteiger charge is 2.20. The lowest BCUT2D eigenvalue weighted by atomic mass is 10.2. The Balaban J connectivity index is 2.89. The van der Waals surface area contributed by atoms with E-state index in [1.165, 1.54) is 11.3 Å². The van der Waals surface area contributed by atoms with Crippen LogP contribution in [0.4, 0.5) is 5.69 Å². The highest BCUT2D eigenvalue weighted by molar-refractivity contribution is 14.1. The van der Waals surface area contributed by atoms with Crippen molar-refractivity contribution in [1.29, 1.82) is 0 Å². The third-order valence-electron chi connectivity index (χ3n) is 1.79. The maximum Gasteiger partial charge on any atom is 0.298 e. The van der Waals surface area contributed by atoms with Gasteiger partial charge in [0.25, 0.3) is 5.69 Å². The molecule has 2 aromatic rings. The van der Waals surface area contributed by atoms with Crippen LogP contribution >= 0.6 is 49.9 Å². The minimum absolute atomic E-state index is 0.153. The first kappa shape index (κ1) is 10.3. The van der Waals surface area contributed by atoms with Gasteiger partial charge in [0, 0.05) is 0 Å². The molecular formula is C8H3BrINO2S. The predicted molar refractivity (Wildman–Crippen MR) is 68.9 cm³/mol. The summed E-state index contributed by atoms with van der Waals surface area (Å²) in [6, 6.07) is 3.78. The molecule has 0 aliphatic rings. The molecule has 1 heterocycles. The summed E-state index contributed by atoms with van der Waals surface area (Å²) in [6.45, 7) is 0. The van der Waals surface area contributed by atoms with E-state index < -0.39 is 0 Å². The Morgan fingerprint density at radius 2 is 2.29 bits per heavy atom. The normalized spacial score (nSPS) is 10.7. The molecule has 0 atom stereocenters. The van der Waals surface area contributed by atoms with Gasteiger partial charge in [-0.1, -0.05) is 0 Å². The quantitative estimate of drug-likeness (QED) is 0.421. The summed E-state index contributed by atoms with van der Waals surface area (Å²) in [5, 5.41) is 13.7. The molecule has 0 aliphatic carbocycles. The standard InChI is InChI=1S/C8H3BrINO2S/c9-6-7(11(12)13)5(10)3-4-1-2-14-8(4)6/h1-3H. The second-order valence-corrected chi connectivity index (χ2v) is 5.49. The molecule has 0 saturated carbocycles. The second kappa shape index (κ2) is 3.74. The molecule has 3 nitrogen and oxygen atoms in total. The zero-order valence-electron chi connectivity index (χ0n) is 6.66. The van der Waals surface area contributed by atoms with Gasteiger partial charge in [-0.15, -0.1) is 11.3 Å². The van der Waals surface area contributed by atoms with Crippen molar-refractivity contribution in [2.75, 3.05) is 0 Å². The largest absolute Gasteiger partial charge is 0.298 e. The summed E-state index contributed by atoms with van der Waals surface area (Å²) in [5.41, 5.74) is 0.153. The van der Waals surface area contributed by atoms with E-state index in [0.717, 1.165) is 10.1 Å². The van der Waals surface area contributed by atoms with Crippen molar-refractivity contribution in [3.8, 4) is 0 Å². The number of hydrogen-bond donors (Lipinski definition) is 0. The van der Waals surface area contributed by atoms with Crippen molar-refractivity contribution < 1.29 is 4.92 Å². The predicted octanol–water partition coefficient (Wildman–Crippen LogP) is 4.18. The van der Waals surface area contributed by atoms with Crippen molar-refractivity contribution in [2.45, 2.75) is 0 Å². The SMILES string of the molecule is O=[N+]([O-])c1c(I)cc2ccsc2c1Br. The van der Waals surface area contributed by atoms with Gasteiger partial charge < -0.3 is 0 Å². The summed E-state index contributed by atoms with van der Waals surface area (Å²) in [4.78, 5) is 10.4. The Morgan fingerprint density at radius 1 is 1.57 bits per heavy atom. The van der Waals surface area contributed by atoms with Crippen LogP contribution < -0.4 is 0 Å². The Bertz CT molecular complexity index is 525. The number of rotatable bonds is 1. The fourth-order valence-corrected chi connectivity index (χ4v) is 4.05. The summed E-state index contributed by atoms with van der Waals surface area (Å²) in [6.07, 6.45) is 0. The number of fused-ring (bicyclic) bond motifs is 1. The number of nitrogens with zero attached hydrogens (tertiary/aromatic N) is 1. The third kappa shape index (κ3) is 1.55. The van der Waals surface area contributed by atoms with Crippen molar-refractivity contribution in [1.82, 2.24) is 0 Å². The summed E-state index contributed by atoms with van der Waals surface area (Å²) < 4.78 is 2.17. The minimum Gasteiger partial charge on any atom is -0.258 e. The molecule has 0 N–H and O–H groups in total. The number of nitro groups is 1. The van der Waals surface area contributed by atoms with Gasteiger partial charge >= 0.3 is 0 Å². The van der Waals surface area contributed by atoms with E-state index in [0.29, 0.717) is 8.04 Å². The first-order valence-corrected chi connectivity index (χ1v) is 6.36. The van der Waals surface area contributed by atoms with Gasteiger partial charge in [-0.2, -0.15) is 0 Å². The van der Waals surface area contributed by atoms with Crippen molar-refractivity contribution >= 4 is 65.6 Å². The van der Waals surface area contributed by atoms with Gasteiger partial charge in [0.2, 0.25) is 0 Å². The average Bonchev–Trinajstić information content (AvgIpc) is 2.50. The molecular weight excluding hydrogens is 381 g/mol. The topological polar surface area (TPSA) is 43.1 Å². The van der Waals surface area contributed by atoms with Crippen LogP contribution in [0, 0.1) is 13.7 Å². The molecule has 0 fully saturated rings. The lowest BCUT2D eigenvalue weighted by molar-refractivity contribution is -0.386. The zero-order chi connectivity index (χ0) is 10.3. The third-order valence-corrected chi connectivity index (χ3v) is 4.60. The maximum absolute atomic E-state index is 10.8. The zero-order valence-corrected chi connectivity index (χ0v) is 11.2. The Labute approximate surface area is 106 Å². The first-order chi connectivity index (χ1) is 6.61. The highest BCUT2D eigenvalue weighted by atomic mass is 127. The number of hydrogen-bond acceptors (Lipinski definition) is 3. The fourth-order valence-electron chi connectivity index (χ4n) is 1.20. The highest BCUT2D eigenvalue weighted by Crippen LogP contribution is 2.39. The smallest absolute Gasteiger partial charge is 0.258 e. The van der Waals surface area contributed by atoms with E-state index in [2.05, 4.69) is 15.9 Å². The lowest BCUT2D eigenvalue weighted by Gasteiger charge is -1.99. The molecule has 1 aromatic heterocycles. The van der Waals surface area contributed by atoms with Crippen molar-refractivity contribution in [3.63, 3.8) is 0 Å². The Kier molecular flexibility index (Phi) is 2.76.